The van der Waals surface area contributed by atoms with Gasteiger partial charge in [0.2, 0.25) is 0 Å². The first kappa shape index (κ1) is 9.04. The number of nitrogens with zero attached hydrogens (tertiary/aromatic N) is 2. The van der Waals surface area contributed by atoms with Crippen molar-refractivity contribution in [2.24, 2.45) is 4.36 Å². The van der Waals surface area contributed by atoms with Gasteiger partial charge in [-0.2, -0.15) is 0 Å². The summed E-state index contributed by atoms with van der Waals surface area (Å²) in [6.45, 7) is 5.31. The minimum Gasteiger partial charge on any atom is -0.224 e. The van der Waals surface area contributed by atoms with Crippen LogP contribution in [0, 0.1) is 0 Å². The lowest BCUT2D eigenvalue weighted by Crippen LogP contribution is -2.21. The third kappa shape index (κ3) is 2.91. The van der Waals surface area contributed by atoms with Crippen LogP contribution in [0.15, 0.2) is 4.36 Å². The van der Waals surface area contributed by atoms with Crippen LogP contribution in [0.4, 0.5) is 3.89 Å². The molecule has 0 aliphatic heterocycles. The lowest BCUT2D eigenvalue weighted by molar-refractivity contribution is 0.498. The Morgan fingerprint density at radius 3 is 2.00 bits per heavy atom. The predicted octanol–water partition coefficient (Wildman–Crippen LogP) is 1.56. The maximum Gasteiger partial charge on any atom is 0.155 e. The van der Waals surface area contributed by atoms with Crippen LogP contribution in [0.3, 0.4) is 0 Å². The molecule has 0 radical (unpaired) electrons. The average Bonchev–Trinajstić information content (AvgIpc) is 1.90. The van der Waals surface area contributed by atoms with Gasteiger partial charge in [0.1, 0.15) is 0 Å². The molecular weight excluding hydrogens is 139 g/mol. The highest BCUT2D eigenvalue weighted by Crippen LogP contribution is 1.97. The number of rotatable bonds is 3. The molecule has 0 aromatic carbocycles. The fraction of sp³-hybridized carbons (Fsp3) is 1.00. The summed E-state index contributed by atoms with van der Waals surface area (Å²) in [6.07, 6.45) is 0. The van der Waals surface area contributed by atoms with Crippen LogP contribution in [0.5, 0.6) is 0 Å². The maximum absolute atomic E-state index is 12.6. The van der Waals surface area contributed by atoms with Crippen molar-refractivity contribution < 1.29 is 3.89 Å². The summed E-state index contributed by atoms with van der Waals surface area (Å²) in [5, 5.41) is 0. The third-order valence-electron chi connectivity index (χ3n) is 1.07. The van der Waals surface area contributed by atoms with E-state index in [0.29, 0.717) is 0 Å². The van der Waals surface area contributed by atoms with Gasteiger partial charge in [-0.15, -0.1) is 3.89 Å². The van der Waals surface area contributed by atoms with Crippen molar-refractivity contribution in [1.82, 2.24) is 4.31 Å². The molecule has 1 atom stereocenters. The van der Waals surface area contributed by atoms with Crippen LogP contribution >= 0.6 is 0 Å². The quantitative estimate of drug-likeness (QED) is 0.599. The van der Waals surface area contributed by atoms with E-state index in [4.69, 9.17) is 0 Å². The second-order valence-corrected chi connectivity index (χ2v) is 2.84. The minimum atomic E-state index is -1.36. The number of hydrogen-bond donors (Lipinski definition) is 0. The molecule has 0 aliphatic rings. The van der Waals surface area contributed by atoms with Gasteiger partial charge >= 0.3 is 0 Å². The molecule has 4 heteroatoms. The molecule has 0 N–H and O–H groups in total. The van der Waals surface area contributed by atoms with Crippen molar-refractivity contribution in [1.29, 1.82) is 0 Å². The third-order valence-corrected chi connectivity index (χ3v) is 2.31. The first-order valence-corrected chi connectivity index (χ1v) is 4.05. The first-order chi connectivity index (χ1) is 4.26. The molecule has 0 heterocycles. The van der Waals surface area contributed by atoms with Crippen molar-refractivity contribution in [2.45, 2.75) is 13.8 Å². The molecule has 0 aromatic rings. The van der Waals surface area contributed by atoms with Crippen molar-refractivity contribution in [2.75, 3.05) is 20.1 Å². The van der Waals surface area contributed by atoms with Gasteiger partial charge in [-0.25, -0.2) is 8.67 Å². The highest BCUT2D eigenvalue weighted by molar-refractivity contribution is 7.79. The standard InChI is InChI=1S/C5H13FN2S/c1-4-8(5-2)9(6)7-3/h4-5H2,1-3H3. The smallest absolute Gasteiger partial charge is 0.155 e. The van der Waals surface area contributed by atoms with E-state index >= 15 is 0 Å². The van der Waals surface area contributed by atoms with Gasteiger partial charge in [0.15, 0.2) is 11.3 Å². The average molecular weight is 152 g/mol. The van der Waals surface area contributed by atoms with Gasteiger partial charge in [-0.3, -0.25) is 0 Å². The molecule has 0 aromatic heterocycles. The Morgan fingerprint density at radius 1 is 1.44 bits per heavy atom. The predicted molar refractivity (Wildman–Crippen MR) is 39.7 cm³/mol. The summed E-state index contributed by atoms with van der Waals surface area (Å²) >= 11 is -1.36. The summed E-state index contributed by atoms with van der Waals surface area (Å²) in [4.78, 5) is 0. The van der Waals surface area contributed by atoms with Gasteiger partial charge in [0.25, 0.3) is 0 Å². The van der Waals surface area contributed by atoms with E-state index in [1.165, 1.54) is 7.05 Å². The Morgan fingerprint density at radius 2 is 1.89 bits per heavy atom. The Balaban J connectivity index is 3.79. The maximum atomic E-state index is 12.6. The summed E-state index contributed by atoms with van der Waals surface area (Å²) in [5.41, 5.74) is 0. The fourth-order valence-corrected chi connectivity index (χ4v) is 1.21. The van der Waals surface area contributed by atoms with E-state index in [1.54, 1.807) is 4.31 Å². The number of halogens is 1. The molecule has 0 bridgehead atoms. The second kappa shape index (κ2) is 4.88. The largest absolute Gasteiger partial charge is 0.224 e. The lowest BCUT2D eigenvalue weighted by Gasteiger charge is -2.12. The van der Waals surface area contributed by atoms with E-state index in [9.17, 15) is 3.89 Å². The minimum absolute atomic E-state index is 0.730. The second-order valence-electron chi connectivity index (χ2n) is 1.52. The number of hydrogen-bond acceptors (Lipinski definition) is 1. The van der Waals surface area contributed by atoms with Crippen LogP contribution in [0.25, 0.3) is 0 Å². The van der Waals surface area contributed by atoms with Crippen molar-refractivity contribution in [3.8, 4) is 0 Å². The van der Waals surface area contributed by atoms with Gasteiger partial charge in [-0.1, -0.05) is 13.8 Å². The molecule has 56 valence electrons. The highest BCUT2D eigenvalue weighted by atomic mass is 32.2. The van der Waals surface area contributed by atoms with Crippen LogP contribution in [-0.2, 0) is 11.3 Å². The van der Waals surface area contributed by atoms with Crippen molar-refractivity contribution in [3.05, 3.63) is 0 Å². The summed E-state index contributed by atoms with van der Waals surface area (Å²) in [6, 6.07) is 0. The molecule has 1 unspecified atom stereocenters. The van der Waals surface area contributed by atoms with Crippen molar-refractivity contribution >= 4 is 11.3 Å². The Bertz CT molecular complexity index is 101. The van der Waals surface area contributed by atoms with Gasteiger partial charge < -0.3 is 0 Å². The van der Waals surface area contributed by atoms with Crippen molar-refractivity contribution in [3.63, 3.8) is 0 Å². The van der Waals surface area contributed by atoms with E-state index in [-0.39, 0.29) is 0 Å². The Labute approximate surface area is 58.6 Å². The zero-order valence-electron chi connectivity index (χ0n) is 6.09. The molecule has 0 rings (SSSR count). The topological polar surface area (TPSA) is 15.6 Å². The Hall–Kier alpha value is 0.0400. The van der Waals surface area contributed by atoms with Crippen LogP contribution in [-0.4, -0.2) is 24.4 Å². The summed E-state index contributed by atoms with van der Waals surface area (Å²) in [5.74, 6) is 0. The molecular formula is C5H13FN2S. The zero-order valence-corrected chi connectivity index (χ0v) is 6.91. The van der Waals surface area contributed by atoms with Gasteiger partial charge in [0, 0.05) is 20.1 Å². The van der Waals surface area contributed by atoms with Crippen LogP contribution in [0.2, 0.25) is 0 Å². The van der Waals surface area contributed by atoms with Gasteiger partial charge in [0.05, 0.1) is 0 Å². The molecule has 0 saturated carbocycles. The molecule has 0 saturated heterocycles. The zero-order chi connectivity index (χ0) is 7.28. The van der Waals surface area contributed by atoms with E-state index in [0.717, 1.165) is 13.1 Å². The monoisotopic (exact) mass is 152 g/mol. The molecule has 0 fully saturated rings. The molecule has 0 aliphatic carbocycles. The van der Waals surface area contributed by atoms with E-state index < -0.39 is 11.3 Å². The van der Waals surface area contributed by atoms with Gasteiger partial charge in [-0.05, 0) is 0 Å². The van der Waals surface area contributed by atoms with Crippen LogP contribution in [0.1, 0.15) is 13.8 Å². The van der Waals surface area contributed by atoms with E-state index in [1.807, 2.05) is 13.8 Å². The fourth-order valence-electron chi connectivity index (χ4n) is 0.552. The summed E-state index contributed by atoms with van der Waals surface area (Å²) in [7, 11) is 1.50. The normalized spacial score (nSPS) is 14.8. The Kier molecular flexibility index (Phi) is 4.90. The highest BCUT2D eigenvalue weighted by Gasteiger charge is 2.02. The molecule has 0 spiro atoms. The first-order valence-electron chi connectivity index (χ1n) is 3.01. The van der Waals surface area contributed by atoms with Crippen LogP contribution < -0.4 is 0 Å². The molecule has 9 heavy (non-hydrogen) atoms. The summed E-state index contributed by atoms with van der Waals surface area (Å²) < 4.78 is 17.8. The SMILES string of the molecule is CCN(CC)S(F)=NC. The molecule has 2 nitrogen and oxygen atoms in total. The lowest BCUT2D eigenvalue weighted by atomic mass is 10.7. The molecule has 0 amide bonds. The van der Waals surface area contributed by atoms with E-state index in [2.05, 4.69) is 4.36 Å².